The lowest BCUT2D eigenvalue weighted by molar-refractivity contribution is -0.116. The van der Waals surface area contributed by atoms with Gasteiger partial charge >= 0.3 is 6.09 Å². The Balaban J connectivity index is 1.28. The van der Waals surface area contributed by atoms with E-state index in [2.05, 4.69) is 21.8 Å². The number of aromatic nitrogens is 2. The van der Waals surface area contributed by atoms with Crippen molar-refractivity contribution >= 4 is 28.3 Å². The van der Waals surface area contributed by atoms with Gasteiger partial charge in [-0.25, -0.2) is 4.79 Å². The SMILES string of the molecule is COc1cccc(CCC(=O)Nc2sc3c(c2C#N)CCC(COC(=O)NCc2cnn(C)c2)C3)c1. The van der Waals surface area contributed by atoms with Gasteiger partial charge in [0, 0.05) is 36.7 Å². The number of alkyl carbamates (subject to hydrolysis) is 1. The summed E-state index contributed by atoms with van der Waals surface area (Å²) in [6.07, 6.45) is 6.21. The maximum atomic E-state index is 12.6. The molecule has 0 aliphatic heterocycles. The molecule has 36 heavy (non-hydrogen) atoms. The number of nitriles is 1. The normalized spacial score (nSPS) is 14.4. The first-order valence-corrected chi connectivity index (χ1v) is 12.6. The molecule has 0 spiro atoms. The van der Waals surface area contributed by atoms with Gasteiger partial charge in [-0.2, -0.15) is 10.4 Å². The zero-order valence-corrected chi connectivity index (χ0v) is 21.2. The Morgan fingerprint density at radius 1 is 1.33 bits per heavy atom. The molecule has 1 atom stereocenters. The minimum Gasteiger partial charge on any atom is -0.497 e. The molecule has 0 saturated heterocycles. The summed E-state index contributed by atoms with van der Waals surface area (Å²) in [7, 11) is 3.43. The lowest BCUT2D eigenvalue weighted by Crippen LogP contribution is -2.27. The van der Waals surface area contributed by atoms with Crippen LogP contribution in [0.3, 0.4) is 0 Å². The van der Waals surface area contributed by atoms with Gasteiger partial charge in [0.05, 0.1) is 25.5 Å². The third-order valence-corrected chi connectivity index (χ3v) is 7.32. The Morgan fingerprint density at radius 3 is 2.94 bits per heavy atom. The summed E-state index contributed by atoms with van der Waals surface area (Å²) < 4.78 is 12.3. The van der Waals surface area contributed by atoms with E-state index in [4.69, 9.17) is 9.47 Å². The molecule has 0 radical (unpaired) electrons. The number of carbonyl (C=O) groups excluding carboxylic acids is 2. The smallest absolute Gasteiger partial charge is 0.407 e. The Hall–Kier alpha value is -3.84. The van der Waals surface area contributed by atoms with E-state index in [9.17, 15) is 14.9 Å². The quantitative estimate of drug-likeness (QED) is 0.453. The van der Waals surface area contributed by atoms with Gasteiger partial charge in [0.1, 0.15) is 16.8 Å². The third kappa shape index (κ3) is 6.43. The monoisotopic (exact) mass is 507 g/mol. The first-order valence-electron chi connectivity index (χ1n) is 11.8. The highest BCUT2D eigenvalue weighted by Crippen LogP contribution is 2.39. The molecule has 0 fully saturated rings. The molecule has 4 rings (SSSR count). The number of amides is 2. The molecular formula is C26H29N5O4S. The molecule has 1 unspecified atom stereocenters. The predicted molar refractivity (Wildman–Crippen MR) is 136 cm³/mol. The van der Waals surface area contributed by atoms with Gasteiger partial charge in [0.25, 0.3) is 0 Å². The van der Waals surface area contributed by atoms with Crippen LogP contribution in [-0.4, -0.2) is 35.5 Å². The molecule has 9 nitrogen and oxygen atoms in total. The van der Waals surface area contributed by atoms with Gasteiger partial charge in [-0.1, -0.05) is 12.1 Å². The number of aryl methyl sites for hydroxylation is 2. The molecular weight excluding hydrogens is 478 g/mol. The van der Waals surface area contributed by atoms with Crippen molar-refractivity contribution in [2.24, 2.45) is 13.0 Å². The van der Waals surface area contributed by atoms with E-state index in [0.717, 1.165) is 40.2 Å². The second-order valence-electron chi connectivity index (χ2n) is 8.80. The van der Waals surface area contributed by atoms with Crippen molar-refractivity contribution < 1.29 is 19.1 Å². The summed E-state index contributed by atoms with van der Waals surface area (Å²) >= 11 is 1.45. The molecule has 0 saturated carbocycles. The van der Waals surface area contributed by atoms with Gasteiger partial charge in [-0.15, -0.1) is 11.3 Å². The van der Waals surface area contributed by atoms with Crippen molar-refractivity contribution in [2.45, 2.75) is 38.6 Å². The summed E-state index contributed by atoms with van der Waals surface area (Å²) in [6.45, 7) is 0.666. The number of rotatable bonds is 9. The largest absolute Gasteiger partial charge is 0.497 e. The first kappa shape index (κ1) is 25.3. The zero-order valence-electron chi connectivity index (χ0n) is 20.4. The molecule has 2 amide bonds. The molecule has 1 aliphatic rings. The van der Waals surface area contributed by atoms with Crippen molar-refractivity contribution in [1.82, 2.24) is 15.1 Å². The van der Waals surface area contributed by atoms with Crippen molar-refractivity contribution in [3.05, 3.63) is 63.8 Å². The number of benzene rings is 1. The summed E-state index contributed by atoms with van der Waals surface area (Å²) in [5.74, 6) is 0.802. The zero-order chi connectivity index (χ0) is 25.5. The molecule has 0 bridgehead atoms. The van der Waals surface area contributed by atoms with Gasteiger partial charge in [-0.3, -0.25) is 9.48 Å². The van der Waals surface area contributed by atoms with E-state index in [1.807, 2.05) is 37.5 Å². The number of ether oxygens (including phenoxy) is 2. The fourth-order valence-corrected chi connectivity index (χ4v) is 5.59. The van der Waals surface area contributed by atoms with Crippen LogP contribution in [0.25, 0.3) is 0 Å². The van der Waals surface area contributed by atoms with Crippen molar-refractivity contribution in [2.75, 3.05) is 19.0 Å². The second-order valence-corrected chi connectivity index (χ2v) is 9.91. The minimum absolute atomic E-state index is 0.127. The summed E-state index contributed by atoms with van der Waals surface area (Å²) in [5, 5.41) is 20.1. The third-order valence-electron chi connectivity index (χ3n) is 6.15. The molecule has 3 aromatic rings. The number of methoxy groups -OCH3 is 1. The molecule has 2 N–H and O–H groups in total. The predicted octanol–water partition coefficient (Wildman–Crippen LogP) is 3.96. The molecule has 2 heterocycles. The average Bonchev–Trinajstić information content (AvgIpc) is 3.46. The fraction of sp³-hybridized carbons (Fsp3) is 0.385. The molecule has 1 aliphatic carbocycles. The van der Waals surface area contributed by atoms with Crippen molar-refractivity contribution in [3.8, 4) is 11.8 Å². The Kier molecular flexibility index (Phi) is 8.23. The Bertz CT molecular complexity index is 1280. The number of hydrogen-bond donors (Lipinski definition) is 2. The van der Waals surface area contributed by atoms with Crippen LogP contribution in [0, 0.1) is 17.2 Å². The lowest BCUT2D eigenvalue weighted by Gasteiger charge is -2.21. The van der Waals surface area contributed by atoms with E-state index < -0.39 is 6.09 Å². The van der Waals surface area contributed by atoms with Crippen LogP contribution in [0.2, 0.25) is 0 Å². The first-order chi connectivity index (χ1) is 17.4. The van der Waals surface area contributed by atoms with Gasteiger partial charge in [-0.05, 0) is 54.9 Å². The molecule has 10 heteroatoms. The molecule has 188 valence electrons. The van der Waals surface area contributed by atoms with Crippen LogP contribution in [0.1, 0.15) is 40.0 Å². The number of anilines is 1. The van der Waals surface area contributed by atoms with Crippen LogP contribution < -0.4 is 15.4 Å². The number of carbonyl (C=O) groups is 2. The van der Waals surface area contributed by atoms with Crippen LogP contribution in [0.5, 0.6) is 5.75 Å². The number of thiophene rings is 1. The summed E-state index contributed by atoms with van der Waals surface area (Å²) in [5.41, 5.74) is 3.47. The van der Waals surface area contributed by atoms with Crippen LogP contribution in [-0.2, 0) is 42.4 Å². The number of nitrogens with zero attached hydrogens (tertiary/aromatic N) is 3. The maximum absolute atomic E-state index is 12.6. The topological polar surface area (TPSA) is 118 Å². The van der Waals surface area contributed by atoms with Crippen molar-refractivity contribution in [1.29, 1.82) is 5.26 Å². The van der Waals surface area contributed by atoms with Crippen LogP contribution in [0.4, 0.5) is 9.80 Å². The molecule has 2 aromatic heterocycles. The maximum Gasteiger partial charge on any atom is 0.407 e. The fourth-order valence-electron chi connectivity index (χ4n) is 4.26. The van der Waals surface area contributed by atoms with Gasteiger partial charge in [0.2, 0.25) is 5.91 Å². The van der Waals surface area contributed by atoms with Gasteiger partial charge < -0.3 is 20.1 Å². The minimum atomic E-state index is -0.461. The van der Waals surface area contributed by atoms with E-state index in [0.29, 0.717) is 43.0 Å². The Morgan fingerprint density at radius 2 is 2.19 bits per heavy atom. The number of nitrogens with one attached hydrogen (secondary N) is 2. The number of hydrogen-bond acceptors (Lipinski definition) is 7. The van der Waals surface area contributed by atoms with E-state index in [-0.39, 0.29) is 11.8 Å². The summed E-state index contributed by atoms with van der Waals surface area (Å²) in [4.78, 5) is 25.8. The highest BCUT2D eigenvalue weighted by atomic mass is 32.1. The van der Waals surface area contributed by atoms with Crippen molar-refractivity contribution in [3.63, 3.8) is 0 Å². The second kappa shape index (κ2) is 11.7. The van der Waals surface area contributed by atoms with E-state index >= 15 is 0 Å². The highest BCUT2D eigenvalue weighted by Gasteiger charge is 2.27. The standard InChI is InChI=1S/C26H29N5O4S/c1-31-15-19(14-29-31)13-28-26(33)35-16-18-6-8-21-22(12-27)25(36-23(21)11-18)30-24(32)9-7-17-4-3-5-20(10-17)34-2/h3-5,10,14-15,18H,6-9,11,13,16H2,1-2H3,(H,28,33)(H,30,32). The van der Waals surface area contributed by atoms with E-state index in [1.165, 1.54) is 11.3 Å². The highest BCUT2D eigenvalue weighted by molar-refractivity contribution is 7.16. The van der Waals surface area contributed by atoms with Crippen LogP contribution >= 0.6 is 11.3 Å². The van der Waals surface area contributed by atoms with E-state index in [1.54, 1.807) is 18.0 Å². The lowest BCUT2D eigenvalue weighted by atomic mass is 9.88. The Labute approximate surface area is 214 Å². The van der Waals surface area contributed by atoms with Gasteiger partial charge in [0.15, 0.2) is 0 Å². The number of fused-ring (bicyclic) bond motifs is 1. The molecule has 1 aromatic carbocycles. The average molecular weight is 508 g/mol. The summed E-state index contributed by atoms with van der Waals surface area (Å²) in [6, 6.07) is 9.92. The van der Waals surface area contributed by atoms with Crippen LogP contribution in [0.15, 0.2) is 36.7 Å².